The molecule has 4 rings (SSSR count). The van der Waals surface area contributed by atoms with Crippen molar-refractivity contribution < 1.29 is 31.4 Å². The Labute approximate surface area is 177 Å². The minimum atomic E-state index is -0.770. The smallest absolute Gasteiger partial charge is 0.185 e. The summed E-state index contributed by atoms with van der Waals surface area (Å²) in [5.74, 6) is -0.347. The second-order valence-corrected chi connectivity index (χ2v) is 7.64. The molecular weight excluding hydrogens is 472 g/mol. The molecule has 0 radical (unpaired) electrons. The van der Waals surface area contributed by atoms with Crippen molar-refractivity contribution in [2.24, 2.45) is 5.92 Å². The van der Waals surface area contributed by atoms with Gasteiger partial charge in [-0.25, -0.2) is 4.57 Å². The Balaban J connectivity index is 0.00000210. The molecule has 0 spiro atoms. The van der Waals surface area contributed by atoms with Crippen LogP contribution in [0.25, 0.3) is 0 Å². The van der Waals surface area contributed by atoms with Crippen LogP contribution < -0.4 is 21.5 Å². The lowest BCUT2D eigenvalue weighted by molar-refractivity contribution is -0.688. The highest BCUT2D eigenvalue weighted by Gasteiger charge is 2.33. The van der Waals surface area contributed by atoms with Crippen LogP contribution >= 0.6 is 15.9 Å². The lowest BCUT2D eigenvalue weighted by Crippen LogP contribution is -3.00. The monoisotopic (exact) mass is 490 g/mol. The number of aliphatic hydroxyl groups is 1. The van der Waals surface area contributed by atoms with Crippen LogP contribution in [-0.4, -0.2) is 15.5 Å². The molecule has 1 aliphatic heterocycles. The molecule has 140 valence electrons. The van der Waals surface area contributed by atoms with Crippen LogP contribution in [0.2, 0.25) is 0 Å². The number of pyridine rings is 1. The highest BCUT2D eigenvalue weighted by molar-refractivity contribution is 9.10. The number of benzene rings is 1. The first-order valence-corrected chi connectivity index (χ1v) is 9.52. The molecule has 1 aromatic carbocycles. The number of aryl methyl sites for hydroxylation is 1. The minimum Gasteiger partial charge on any atom is -1.00 e. The van der Waals surface area contributed by atoms with Gasteiger partial charge in [-0.1, -0.05) is 28.1 Å². The van der Waals surface area contributed by atoms with E-state index < -0.39 is 6.10 Å². The summed E-state index contributed by atoms with van der Waals surface area (Å²) in [4.78, 5) is 12.6. The van der Waals surface area contributed by atoms with E-state index in [-0.39, 0.29) is 28.7 Å². The van der Waals surface area contributed by atoms with Crippen molar-refractivity contribution in [1.29, 1.82) is 0 Å². The van der Waals surface area contributed by atoms with Crippen molar-refractivity contribution in [3.63, 3.8) is 0 Å². The predicted octanol–water partition coefficient (Wildman–Crippen LogP) is 0.527. The Kier molecular flexibility index (Phi) is 6.29. The molecule has 0 amide bonds. The van der Waals surface area contributed by atoms with E-state index >= 15 is 0 Å². The van der Waals surface area contributed by atoms with Crippen molar-refractivity contribution >= 4 is 21.7 Å². The van der Waals surface area contributed by atoms with Crippen LogP contribution in [0, 0.1) is 5.92 Å². The van der Waals surface area contributed by atoms with Gasteiger partial charge in [0.25, 0.3) is 0 Å². The molecule has 0 fully saturated rings. The third kappa shape index (κ3) is 4.23. The molecule has 1 N–H and O–H groups in total. The van der Waals surface area contributed by atoms with E-state index in [9.17, 15) is 9.90 Å². The maximum absolute atomic E-state index is 12.6. The SMILES string of the molecule is O=C1c2cccn2CCC1C(O)c1cc[n+](Cc2ccc(Br)cc2)cc1.[Br-]. The molecule has 0 aliphatic carbocycles. The fourth-order valence-electron chi connectivity index (χ4n) is 3.54. The number of Topliss-reactive ketones (excluding diaryl/α,β-unsaturated/α-hetero) is 1. The molecule has 1 aliphatic rings. The van der Waals surface area contributed by atoms with Crippen molar-refractivity contribution in [2.45, 2.75) is 25.6 Å². The van der Waals surface area contributed by atoms with Gasteiger partial charge in [-0.3, -0.25) is 4.79 Å². The first-order chi connectivity index (χ1) is 12.6. The molecule has 6 heteroatoms. The second kappa shape index (κ2) is 8.50. The maximum atomic E-state index is 12.6. The Morgan fingerprint density at radius 2 is 1.85 bits per heavy atom. The fourth-order valence-corrected chi connectivity index (χ4v) is 3.80. The number of hydrogen-bond acceptors (Lipinski definition) is 2. The molecule has 3 heterocycles. The lowest BCUT2D eigenvalue weighted by atomic mass is 9.86. The van der Waals surface area contributed by atoms with Crippen molar-refractivity contribution in [3.05, 3.63) is 88.4 Å². The first-order valence-electron chi connectivity index (χ1n) is 8.73. The number of carbonyl (C=O) groups excluding carboxylic acids is 1. The molecule has 3 aromatic rings. The van der Waals surface area contributed by atoms with E-state index in [2.05, 4.69) is 32.6 Å². The van der Waals surface area contributed by atoms with Crippen LogP contribution in [-0.2, 0) is 13.1 Å². The molecule has 2 atom stereocenters. The number of aromatic nitrogens is 2. The van der Waals surface area contributed by atoms with E-state index in [0.717, 1.165) is 23.1 Å². The summed E-state index contributed by atoms with van der Waals surface area (Å²) >= 11 is 3.44. The van der Waals surface area contributed by atoms with Gasteiger partial charge in [0.05, 0.1) is 17.7 Å². The highest BCUT2D eigenvalue weighted by Crippen LogP contribution is 2.31. The van der Waals surface area contributed by atoms with Crippen molar-refractivity contribution in [1.82, 2.24) is 4.57 Å². The van der Waals surface area contributed by atoms with Gasteiger partial charge in [0.15, 0.2) is 24.7 Å². The number of hydrogen-bond donors (Lipinski definition) is 1. The average Bonchev–Trinajstić information content (AvgIpc) is 3.14. The number of carbonyl (C=O) groups is 1. The molecule has 0 saturated heterocycles. The largest absolute Gasteiger partial charge is 1.00 e. The third-order valence-electron chi connectivity index (χ3n) is 5.02. The van der Waals surface area contributed by atoms with Crippen LogP contribution in [0.1, 0.15) is 34.1 Å². The zero-order chi connectivity index (χ0) is 18.1. The highest BCUT2D eigenvalue weighted by atomic mass is 79.9. The second-order valence-electron chi connectivity index (χ2n) is 6.72. The summed E-state index contributed by atoms with van der Waals surface area (Å²) in [5.41, 5.74) is 2.69. The molecule has 0 bridgehead atoms. The molecule has 0 saturated carbocycles. The Morgan fingerprint density at radius 1 is 1.15 bits per heavy atom. The summed E-state index contributed by atoms with van der Waals surface area (Å²) in [6.45, 7) is 1.53. The first kappa shape index (κ1) is 20.0. The van der Waals surface area contributed by atoms with Crippen LogP contribution in [0.4, 0.5) is 0 Å². The molecule has 2 unspecified atom stereocenters. The van der Waals surface area contributed by atoms with Gasteiger partial charge >= 0.3 is 0 Å². The topological polar surface area (TPSA) is 46.1 Å². The van der Waals surface area contributed by atoms with E-state index in [1.54, 1.807) is 0 Å². The van der Waals surface area contributed by atoms with Gasteiger partial charge in [0.2, 0.25) is 0 Å². The Hall–Kier alpha value is -1.76. The standard InChI is InChI=1S/C21H20BrN2O2.BrH/c22-17-5-3-15(4-6-17)14-23-11-7-16(8-12-23)20(25)18-9-13-24-10-1-2-19(24)21(18)26;/h1-8,10-12,18,20,25H,9,13-14H2;1H/q+1;/p-1. The summed E-state index contributed by atoms with van der Waals surface area (Å²) in [6, 6.07) is 15.7. The van der Waals surface area contributed by atoms with Gasteiger partial charge < -0.3 is 26.7 Å². The number of rotatable bonds is 4. The zero-order valence-corrected chi connectivity index (χ0v) is 17.8. The van der Waals surface area contributed by atoms with Gasteiger partial charge in [0.1, 0.15) is 0 Å². The molecule has 4 nitrogen and oxygen atoms in total. The molecule has 2 aromatic heterocycles. The number of fused-ring (bicyclic) bond motifs is 1. The van der Waals surface area contributed by atoms with Crippen molar-refractivity contribution in [3.8, 4) is 0 Å². The van der Waals surface area contributed by atoms with Gasteiger partial charge in [-0.2, -0.15) is 0 Å². The van der Waals surface area contributed by atoms with Gasteiger partial charge in [-0.05, 0) is 36.2 Å². The van der Waals surface area contributed by atoms with E-state index in [1.807, 2.05) is 59.6 Å². The summed E-state index contributed by atoms with van der Waals surface area (Å²) < 4.78 is 5.09. The van der Waals surface area contributed by atoms with E-state index in [1.165, 1.54) is 5.56 Å². The summed E-state index contributed by atoms with van der Waals surface area (Å²) in [7, 11) is 0. The lowest BCUT2D eigenvalue weighted by Gasteiger charge is -2.27. The predicted molar refractivity (Wildman–Crippen MR) is 102 cm³/mol. The van der Waals surface area contributed by atoms with E-state index in [0.29, 0.717) is 12.1 Å². The Morgan fingerprint density at radius 3 is 2.56 bits per heavy atom. The normalized spacial score (nSPS) is 17.1. The fraction of sp³-hybridized carbons (Fsp3) is 0.238. The van der Waals surface area contributed by atoms with Gasteiger partial charge in [-0.15, -0.1) is 0 Å². The third-order valence-corrected chi connectivity index (χ3v) is 5.55. The zero-order valence-electron chi connectivity index (χ0n) is 14.6. The Bertz CT molecular complexity index is 920. The summed E-state index contributed by atoms with van der Waals surface area (Å²) in [5, 5.41) is 10.7. The van der Waals surface area contributed by atoms with Crippen molar-refractivity contribution in [2.75, 3.05) is 0 Å². The van der Waals surface area contributed by atoms with Crippen LogP contribution in [0.15, 0.2) is 71.6 Å². The number of halogens is 2. The molecule has 27 heavy (non-hydrogen) atoms. The number of ketones is 1. The number of aliphatic hydroxyl groups excluding tert-OH is 1. The van der Waals surface area contributed by atoms with Crippen LogP contribution in [0.3, 0.4) is 0 Å². The number of nitrogens with zero attached hydrogens (tertiary/aromatic N) is 2. The minimum absolute atomic E-state index is 0. The molecular formula is C21H20Br2N2O2. The average molecular weight is 492 g/mol. The summed E-state index contributed by atoms with van der Waals surface area (Å²) in [6.07, 6.45) is 5.72. The maximum Gasteiger partial charge on any atom is 0.185 e. The van der Waals surface area contributed by atoms with Gasteiger partial charge in [0, 0.05) is 34.9 Å². The van der Waals surface area contributed by atoms with E-state index in [4.69, 9.17) is 0 Å². The quantitative estimate of drug-likeness (QED) is 0.541. The van der Waals surface area contributed by atoms with Crippen LogP contribution in [0.5, 0.6) is 0 Å².